The van der Waals surface area contributed by atoms with Crippen molar-refractivity contribution in [3.8, 4) is 0 Å². The minimum absolute atomic E-state index is 0.0726. The van der Waals surface area contributed by atoms with E-state index < -0.39 is 23.9 Å². The average Bonchev–Trinajstić information content (AvgIpc) is 2.45. The number of carbonyl (C=O) groups excluding carboxylic acids is 2. The molecule has 114 valence electrons. The SMILES string of the molecule is COC(=O)CC[C@@H](NC(=O)c1ccc(Cl)c(N)c1)C(=O)O. The summed E-state index contributed by atoms with van der Waals surface area (Å²) >= 11 is 5.74. The Hall–Kier alpha value is -2.28. The molecule has 0 aliphatic heterocycles. The van der Waals surface area contributed by atoms with Crippen LogP contribution in [0.5, 0.6) is 0 Å². The number of esters is 1. The molecule has 0 aromatic heterocycles. The highest BCUT2D eigenvalue weighted by molar-refractivity contribution is 6.33. The van der Waals surface area contributed by atoms with Gasteiger partial charge in [-0.15, -0.1) is 0 Å². The van der Waals surface area contributed by atoms with E-state index in [1.54, 1.807) is 0 Å². The highest BCUT2D eigenvalue weighted by Crippen LogP contribution is 2.19. The van der Waals surface area contributed by atoms with Crippen LogP contribution in [0.15, 0.2) is 18.2 Å². The molecule has 1 atom stereocenters. The van der Waals surface area contributed by atoms with Crippen molar-refractivity contribution in [1.29, 1.82) is 0 Å². The zero-order valence-electron chi connectivity index (χ0n) is 11.3. The number of nitrogen functional groups attached to an aromatic ring is 1. The van der Waals surface area contributed by atoms with Crippen LogP contribution in [0, 0.1) is 0 Å². The molecule has 1 amide bonds. The van der Waals surface area contributed by atoms with Gasteiger partial charge in [0.15, 0.2) is 0 Å². The van der Waals surface area contributed by atoms with Crippen LogP contribution in [0.3, 0.4) is 0 Å². The lowest BCUT2D eigenvalue weighted by molar-refractivity contribution is -0.142. The molecule has 0 spiro atoms. The number of aliphatic carboxylic acids is 1. The Morgan fingerprint density at radius 2 is 2.10 bits per heavy atom. The third-order valence-corrected chi connectivity index (χ3v) is 3.07. The second-order valence-electron chi connectivity index (χ2n) is 4.22. The number of halogens is 1. The van der Waals surface area contributed by atoms with Crippen LogP contribution >= 0.6 is 11.6 Å². The molecular formula is C13H15ClN2O5. The summed E-state index contributed by atoms with van der Waals surface area (Å²) in [7, 11) is 1.20. The standard InChI is InChI=1S/C13H15ClN2O5/c1-21-11(17)5-4-10(13(19)20)16-12(18)7-2-3-8(14)9(15)6-7/h2-3,6,10H,4-5,15H2,1H3,(H,16,18)(H,19,20)/t10-/m1/s1. The van der Waals surface area contributed by atoms with Gasteiger partial charge in [0.05, 0.1) is 17.8 Å². The van der Waals surface area contributed by atoms with Gasteiger partial charge in [0.25, 0.3) is 5.91 Å². The first-order chi connectivity index (χ1) is 9.85. The molecule has 0 heterocycles. The van der Waals surface area contributed by atoms with Gasteiger partial charge in [0.2, 0.25) is 0 Å². The minimum Gasteiger partial charge on any atom is -0.480 e. The Bertz CT molecular complexity index is 561. The van der Waals surface area contributed by atoms with Crippen LogP contribution in [-0.4, -0.2) is 36.1 Å². The number of rotatable bonds is 6. The number of methoxy groups -OCH3 is 1. The normalized spacial score (nSPS) is 11.5. The van der Waals surface area contributed by atoms with Crippen molar-refractivity contribution in [2.24, 2.45) is 0 Å². The van der Waals surface area contributed by atoms with Gasteiger partial charge in [-0.05, 0) is 24.6 Å². The molecule has 0 fully saturated rings. The summed E-state index contributed by atoms with van der Waals surface area (Å²) in [5.74, 6) is -2.41. The fraction of sp³-hybridized carbons (Fsp3) is 0.308. The summed E-state index contributed by atoms with van der Waals surface area (Å²) in [5.41, 5.74) is 5.97. The second-order valence-corrected chi connectivity index (χ2v) is 4.62. The third-order valence-electron chi connectivity index (χ3n) is 2.73. The number of anilines is 1. The molecule has 1 aromatic carbocycles. The van der Waals surface area contributed by atoms with E-state index >= 15 is 0 Å². The first-order valence-corrected chi connectivity index (χ1v) is 6.38. The van der Waals surface area contributed by atoms with E-state index in [9.17, 15) is 14.4 Å². The number of ether oxygens (including phenoxy) is 1. The summed E-state index contributed by atoms with van der Waals surface area (Å²) in [6.07, 6.45) is -0.187. The summed E-state index contributed by atoms with van der Waals surface area (Å²) in [5, 5.41) is 11.7. The predicted molar refractivity (Wildman–Crippen MR) is 76.0 cm³/mol. The number of hydrogen-bond donors (Lipinski definition) is 3. The first-order valence-electron chi connectivity index (χ1n) is 6.00. The van der Waals surface area contributed by atoms with Crippen molar-refractivity contribution in [3.05, 3.63) is 28.8 Å². The van der Waals surface area contributed by atoms with Crippen LogP contribution < -0.4 is 11.1 Å². The average molecular weight is 315 g/mol. The van der Waals surface area contributed by atoms with Gasteiger partial charge in [-0.25, -0.2) is 4.79 Å². The Kier molecular flexibility index (Phi) is 5.98. The van der Waals surface area contributed by atoms with Gasteiger partial charge in [-0.1, -0.05) is 11.6 Å². The number of nitrogens with one attached hydrogen (secondary N) is 1. The molecule has 0 bridgehead atoms. The molecule has 0 unspecified atom stereocenters. The van der Waals surface area contributed by atoms with E-state index in [-0.39, 0.29) is 24.1 Å². The van der Waals surface area contributed by atoms with Gasteiger partial charge in [0.1, 0.15) is 6.04 Å². The van der Waals surface area contributed by atoms with E-state index in [0.717, 1.165) is 0 Å². The first kappa shape index (κ1) is 16.8. The van der Waals surface area contributed by atoms with Gasteiger partial charge in [-0.2, -0.15) is 0 Å². The number of amides is 1. The summed E-state index contributed by atoms with van der Waals surface area (Å²) in [6, 6.07) is 3.01. The quantitative estimate of drug-likeness (QED) is 0.533. The van der Waals surface area contributed by atoms with Gasteiger partial charge >= 0.3 is 11.9 Å². The largest absolute Gasteiger partial charge is 0.480 e. The van der Waals surface area contributed by atoms with Crippen molar-refractivity contribution < 1.29 is 24.2 Å². The molecule has 0 saturated carbocycles. The van der Waals surface area contributed by atoms with E-state index in [4.69, 9.17) is 22.4 Å². The Morgan fingerprint density at radius 3 is 2.62 bits per heavy atom. The van der Waals surface area contributed by atoms with E-state index in [1.807, 2.05) is 0 Å². The van der Waals surface area contributed by atoms with Gasteiger partial charge in [0, 0.05) is 12.0 Å². The van der Waals surface area contributed by atoms with Crippen LogP contribution in [0.2, 0.25) is 5.02 Å². The molecule has 0 saturated heterocycles. The summed E-state index contributed by atoms with van der Waals surface area (Å²) < 4.78 is 4.42. The van der Waals surface area contributed by atoms with Crippen molar-refractivity contribution >= 4 is 35.1 Å². The monoisotopic (exact) mass is 314 g/mol. The zero-order chi connectivity index (χ0) is 16.0. The topological polar surface area (TPSA) is 119 Å². The fourth-order valence-corrected chi connectivity index (χ4v) is 1.67. The second kappa shape index (κ2) is 7.49. The zero-order valence-corrected chi connectivity index (χ0v) is 12.0. The van der Waals surface area contributed by atoms with Crippen LogP contribution in [0.1, 0.15) is 23.2 Å². The predicted octanol–water partition coefficient (Wildman–Crippen LogP) is 1.06. The highest BCUT2D eigenvalue weighted by atomic mass is 35.5. The van der Waals surface area contributed by atoms with Crippen LogP contribution in [0.25, 0.3) is 0 Å². The molecule has 21 heavy (non-hydrogen) atoms. The minimum atomic E-state index is -1.24. The molecule has 0 aliphatic carbocycles. The van der Waals surface area contributed by atoms with E-state index in [0.29, 0.717) is 5.02 Å². The van der Waals surface area contributed by atoms with Gasteiger partial charge < -0.3 is 20.9 Å². The lowest BCUT2D eigenvalue weighted by Crippen LogP contribution is -2.41. The maximum atomic E-state index is 11.9. The maximum absolute atomic E-state index is 11.9. The smallest absolute Gasteiger partial charge is 0.326 e. The lowest BCUT2D eigenvalue weighted by Gasteiger charge is -2.14. The fourth-order valence-electron chi connectivity index (χ4n) is 1.55. The molecule has 1 aromatic rings. The Morgan fingerprint density at radius 1 is 1.43 bits per heavy atom. The molecule has 8 heteroatoms. The van der Waals surface area contributed by atoms with Gasteiger partial charge in [-0.3, -0.25) is 9.59 Å². The maximum Gasteiger partial charge on any atom is 0.326 e. The van der Waals surface area contributed by atoms with Crippen molar-refractivity contribution in [2.45, 2.75) is 18.9 Å². The van der Waals surface area contributed by atoms with Crippen molar-refractivity contribution in [2.75, 3.05) is 12.8 Å². The number of benzene rings is 1. The summed E-state index contributed by atoms with van der Waals surface area (Å²) in [4.78, 5) is 34.0. The molecule has 1 rings (SSSR count). The number of carboxylic acid groups (broad SMARTS) is 1. The van der Waals surface area contributed by atoms with E-state index in [1.165, 1.54) is 25.3 Å². The number of carbonyl (C=O) groups is 3. The molecule has 0 aliphatic rings. The number of hydrogen-bond acceptors (Lipinski definition) is 5. The summed E-state index contributed by atoms with van der Waals surface area (Å²) in [6.45, 7) is 0. The van der Waals surface area contributed by atoms with Crippen molar-refractivity contribution in [3.63, 3.8) is 0 Å². The third kappa shape index (κ3) is 4.96. The molecule has 0 radical (unpaired) electrons. The molecular weight excluding hydrogens is 300 g/mol. The van der Waals surface area contributed by atoms with Crippen LogP contribution in [-0.2, 0) is 14.3 Å². The number of nitrogens with two attached hydrogens (primary N) is 1. The number of carboxylic acids is 1. The molecule has 4 N–H and O–H groups in total. The lowest BCUT2D eigenvalue weighted by atomic mass is 10.1. The Labute approximate surface area is 126 Å². The highest BCUT2D eigenvalue weighted by Gasteiger charge is 2.22. The Balaban J connectivity index is 2.74. The van der Waals surface area contributed by atoms with E-state index in [2.05, 4.69) is 10.1 Å². The van der Waals surface area contributed by atoms with Crippen LogP contribution in [0.4, 0.5) is 5.69 Å². The van der Waals surface area contributed by atoms with Crippen molar-refractivity contribution in [1.82, 2.24) is 5.32 Å². The molecule has 7 nitrogen and oxygen atoms in total.